The van der Waals surface area contributed by atoms with Gasteiger partial charge < -0.3 is 16.2 Å². The summed E-state index contributed by atoms with van der Waals surface area (Å²) in [7, 11) is 0. The molecule has 1 aliphatic rings. The number of benzene rings is 1. The first-order chi connectivity index (χ1) is 8.74. The van der Waals surface area contributed by atoms with Crippen LogP contribution in [0.15, 0.2) is 24.3 Å². The van der Waals surface area contributed by atoms with Gasteiger partial charge in [-0.15, -0.1) is 0 Å². The zero-order chi connectivity index (χ0) is 13.0. The van der Waals surface area contributed by atoms with E-state index in [0.29, 0.717) is 18.5 Å². The topological polar surface area (TPSA) is 58.3 Å². The monoisotopic (exact) mass is 248 g/mol. The van der Waals surface area contributed by atoms with Crippen molar-refractivity contribution in [3.8, 4) is 0 Å². The lowest BCUT2D eigenvalue weighted by Gasteiger charge is -2.26. The van der Waals surface area contributed by atoms with Gasteiger partial charge in [-0.2, -0.15) is 0 Å². The Balaban J connectivity index is 2.05. The summed E-state index contributed by atoms with van der Waals surface area (Å²) in [4.78, 5) is 0. The van der Waals surface area contributed by atoms with Crippen LogP contribution in [0.25, 0.3) is 0 Å². The molecule has 100 valence electrons. The van der Waals surface area contributed by atoms with Crippen molar-refractivity contribution in [2.24, 2.45) is 11.7 Å². The highest BCUT2D eigenvalue weighted by atomic mass is 16.3. The zero-order valence-corrected chi connectivity index (χ0v) is 11.1. The van der Waals surface area contributed by atoms with E-state index in [0.717, 1.165) is 12.8 Å². The van der Waals surface area contributed by atoms with Crippen LogP contribution in [-0.2, 0) is 0 Å². The van der Waals surface area contributed by atoms with Crippen LogP contribution in [-0.4, -0.2) is 24.3 Å². The summed E-state index contributed by atoms with van der Waals surface area (Å²) in [6.45, 7) is 2.98. The quantitative estimate of drug-likeness (QED) is 0.744. The Morgan fingerprint density at radius 2 is 2.28 bits per heavy atom. The average Bonchev–Trinajstić information content (AvgIpc) is 2.83. The summed E-state index contributed by atoms with van der Waals surface area (Å²) in [5.41, 5.74) is 8.41. The zero-order valence-electron chi connectivity index (χ0n) is 11.1. The Morgan fingerprint density at radius 3 is 2.94 bits per heavy atom. The van der Waals surface area contributed by atoms with Gasteiger partial charge in [0.05, 0.1) is 0 Å². The highest BCUT2D eigenvalue weighted by Gasteiger charge is 2.28. The molecule has 0 aromatic heterocycles. The first kappa shape index (κ1) is 13.5. The summed E-state index contributed by atoms with van der Waals surface area (Å²) < 4.78 is 0. The Bertz CT molecular complexity index is 381. The maximum absolute atomic E-state index is 9.37. The predicted molar refractivity (Wildman–Crippen MR) is 74.3 cm³/mol. The van der Waals surface area contributed by atoms with Crippen molar-refractivity contribution in [3.05, 3.63) is 35.4 Å². The Kier molecular flexibility index (Phi) is 4.75. The van der Waals surface area contributed by atoms with E-state index in [1.807, 2.05) is 0 Å². The number of aliphatic hydroxyl groups excluding tert-OH is 1. The van der Waals surface area contributed by atoms with Gasteiger partial charge in [-0.25, -0.2) is 0 Å². The maximum Gasteiger partial charge on any atom is 0.0474 e. The number of rotatable bonds is 5. The molecule has 1 aromatic rings. The second kappa shape index (κ2) is 6.32. The van der Waals surface area contributed by atoms with E-state index in [4.69, 9.17) is 5.73 Å². The molecule has 2 rings (SSSR count). The van der Waals surface area contributed by atoms with Gasteiger partial charge in [0, 0.05) is 25.2 Å². The molecular formula is C15H24N2O. The summed E-state index contributed by atoms with van der Waals surface area (Å²) in [6.07, 6.45) is 3.47. The molecule has 0 bridgehead atoms. The molecule has 3 atom stereocenters. The van der Waals surface area contributed by atoms with Crippen LogP contribution in [0.2, 0.25) is 0 Å². The summed E-state index contributed by atoms with van der Waals surface area (Å²) >= 11 is 0. The van der Waals surface area contributed by atoms with Crippen molar-refractivity contribution < 1.29 is 5.11 Å². The van der Waals surface area contributed by atoms with E-state index in [2.05, 4.69) is 36.5 Å². The second-order valence-corrected chi connectivity index (χ2v) is 5.35. The van der Waals surface area contributed by atoms with Crippen molar-refractivity contribution in [3.63, 3.8) is 0 Å². The molecule has 1 aliphatic carbocycles. The minimum Gasteiger partial charge on any atom is -0.396 e. The number of nitrogens with two attached hydrogens (primary N) is 1. The highest BCUT2D eigenvalue weighted by Crippen LogP contribution is 2.27. The number of hydrogen-bond acceptors (Lipinski definition) is 3. The lowest BCUT2D eigenvalue weighted by atomic mass is 10.00. The van der Waals surface area contributed by atoms with Crippen molar-refractivity contribution in [1.29, 1.82) is 0 Å². The van der Waals surface area contributed by atoms with Crippen LogP contribution in [0, 0.1) is 12.8 Å². The Labute approximate surface area is 109 Å². The second-order valence-electron chi connectivity index (χ2n) is 5.35. The van der Waals surface area contributed by atoms with E-state index in [1.165, 1.54) is 17.5 Å². The third-order valence-corrected chi connectivity index (χ3v) is 3.99. The predicted octanol–water partition coefficient (Wildman–Crippen LogP) is 1.75. The fourth-order valence-electron chi connectivity index (χ4n) is 2.92. The van der Waals surface area contributed by atoms with Gasteiger partial charge in [-0.1, -0.05) is 36.2 Å². The standard InChI is InChI=1S/C15H24N2O/c1-11-4-2-5-12(8-11)15(9-16)17-14-7-3-6-13(14)10-18/h2,4-5,8,13-15,17-18H,3,6-7,9-10,16H2,1H3. The molecule has 0 amide bonds. The van der Waals surface area contributed by atoms with E-state index >= 15 is 0 Å². The molecule has 0 radical (unpaired) electrons. The lowest BCUT2D eigenvalue weighted by Crippen LogP contribution is -2.39. The minimum atomic E-state index is 0.196. The van der Waals surface area contributed by atoms with Crippen molar-refractivity contribution >= 4 is 0 Å². The van der Waals surface area contributed by atoms with Gasteiger partial charge in [0.25, 0.3) is 0 Å². The molecule has 1 aromatic carbocycles. The smallest absolute Gasteiger partial charge is 0.0474 e. The van der Waals surface area contributed by atoms with Crippen LogP contribution in [0.1, 0.15) is 36.4 Å². The molecule has 4 N–H and O–H groups in total. The van der Waals surface area contributed by atoms with Crippen LogP contribution in [0.5, 0.6) is 0 Å². The largest absolute Gasteiger partial charge is 0.396 e. The van der Waals surface area contributed by atoms with Gasteiger partial charge >= 0.3 is 0 Å². The van der Waals surface area contributed by atoms with E-state index in [1.54, 1.807) is 0 Å². The molecule has 0 spiro atoms. The summed E-state index contributed by atoms with van der Waals surface area (Å²) in [5.74, 6) is 0.392. The maximum atomic E-state index is 9.37. The molecule has 1 saturated carbocycles. The van der Waals surface area contributed by atoms with Crippen molar-refractivity contribution in [1.82, 2.24) is 5.32 Å². The van der Waals surface area contributed by atoms with Crippen LogP contribution in [0.3, 0.4) is 0 Å². The van der Waals surface area contributed by atoms with Crippen LogP contribution < -0.4 is 11.1 Å². The number of aliphatic hydroxyl groups is 1. The fourth-order valence-corrected chi connectivity index (χ4v) is 2.92. The summed E-state index contributed by atoms with van der Waals surface area (Å²) in [5, 5.41) is 13.0. The minimum absolute atomic E-state index is 0.196. The Morgan fingerprint density at radius 1 is 1.44 bits per heavy atom. The molecule has 1 fully saturated rings. The van der Waals surface area contributed by atoms with Crippen molar-refractivity contribution in [2.75, 3.05) is 13.2 Å². The third-order valence-electron chi connectivity index (χ3n) is 3.99. The van der Waals surface area contributed by atoms with E-state index < -0.39 is 0 Å². The van der Waals surface area contributed by atoms with Gasteiger partial charge in [-0.3, -0.25) is 0 Å². The molecule has 0 aliphatic heterocycles. The fraction of sp³-hybridized carbons (Fsp3) is 0.600. The summed E-state index contributed by atoms with van der Waals surface area (Å²) in [6, 6.07) is 9.09. The van der Waals surface area contributed by atoms with E-state index in [-0.39, 0.29) is 12.6 Å². The molecule has 3 unspecified atom stereocenters. The molecule has 0 saturated heterocycles. The Hall–Kier alpha value is -0.900. The van der Waals surface area contributed by atoms with Gasteiger partial charge in [-0.05, 0) is 31.2 Å². The van der Waals surface area contributed by atoms with Gasteiger partial charge in [0.2, 0.25) is 0 Å². The third kappa shape index (κ3) is 3.10. The molecule has 3 heteroatoms. The molecule has 18 heavy (non-hydrogen) atoms. The SMILES string of the molecule is Cc1cccc(C(CN)NC2CCCC2CO)c1. The van der Waals surface area contributed by atoms with E-state index in [9.17, 15) is 5.11 Å². The highest BCUT2D eigenvalue weighted by molar-refractivity contribution is 5.25. The lowest BCUT2D eigenvalue weighted by molar-refractivity contribution is 0.200. The van der Waals surface area contributed by atoms with Gasteiger partial charge in [0.15, 0.2) is 0 Å². The average molecular weight is 248 g/mol. The number of hydrogen-bond donors (Lipinski definition) is 3. The normalized spacial score (nSPS) is 25.3. The molecule has 3 nitrogen and oxygen atoms in total. The number of nitrogens with one attached hydrogen (secondary N) is 1. The van der Waals surface area contributed by atoms with Crippen molar-refractivity contribution in [2.45, 2.75) is 38.3 Å². The first-order valence-corrected chi connectivity index (χ1v) is 6.88. The first-order valence-electron chi connectivity index (χ1n) is 6.88. The van der Waals surface area contributed by atoms with Crippen LogP contribution in [0.4, 0.5) is 0 Å². The molecular weight excluding hydrogens is 224 g/mol. The van der Waals surface area contributed by atoms with Gasteiger partial charge in [0.1, 0.15) is 0 Å². The molecule has 0 heterocycles. The van der Waals surface area contributed by atoms with Crippen LogP contribution >= 0.6 is 0 Å². The number of aryl methyl sites for hydroxylation is 1.